The summed E-state index contributed by atoms with van der Waals surface area (Å²) in [6.45, 7) is 9.82. The van der Waals surface area contributed by atoms with Crippen LogP contribution in [0.25, 0.3) is 0 Å². The van der Waals surface area contributed by atoms with Crippen LogP contribution in [-0.4, -0.2) is 33.9 Å². The molecule has 28 heavy (non-hydrogen) atoms. The van der Waals surface area contributed by atoms with Crippen molar-refractivity contribution >= 4 is 29.9 Å². The third-order valence-electron chi connectivity index (χ3n) is 4.24. The molecule has 2 rings (SSSR count). The molecular weight excluding hydrogens is 467 g/mol. The summed E-state index contributed by atoms with van der Waals surface area (Å²) in [7, 11) is 3.67. The van der Waals surface area contributed by atoms with Gasteiger partial charge >= 0.3 is 0 Å². The van der Waals surface area contributed by atoms with Crippen LogP contribution in [0.5, 0.6) is 5.75 Å². The summed E-state index contributed by atoms with van der Waals surface area (Å²) in [5, 5.41) is 14.5. The lowest BCUT2D eigenvalue weighted by Crippen LogP contribution is -2.37. The number of hydrogen-bond acceptors (Lipinski definition) is 4. The smallest absolute Gasteiger partial charge is 0.191 e. The van der Waals surface area contributed by atoms with E-state index in [1.807, 2.05) is 11.6 Å². The van der Waals surface area contributed by atoms with E-state index in [2.05, 4.69) is 71.7 Å². The molecule has 0 bridgehead atoms. The molecule has 0 aliphatic heterocycles. The van der Waals surface area contributed by atoms with Gasteiger partial charge in [-0.1, -0.05) is 26.0 Å². The van der Waals surface area contributed by atoms with Crippen molar-refractivity contribution in [1.29, 1.82) is 0 Å². The van der Waals surface area contributed by atoms with E-state index in [-0.39, 0.29) is 30.1 Å². The van der Waals surface area contributed by atoms with Crippen LogP contribution >= 0.6 is 24.0 Å². The van der Waals surface area contributed by atoms with E-state index < -0.39 is 0 Å². The molecule has 1 atom stereocenters. The Balaban J connectivity index is 0.00000392. The summed E-state index contributed by atoms with van der Waals surface area (Å²) in [5.74, 6) is 3.09. The topological polar surface area (TPSA) is 76.4 Å². The minimum absolute atomic E-state index is 0. The van der Waals surface area contributed by atoms with Crippen LogP contribution in [-0.2, 0) is 20.1 Å². The van der Waals surface area contributed by atoms with Gasteiger partial charge in [-0.15, -0.1) is 34.2 Å². The molecule has 7 nitrogen and oxygen atoms in total. The van der Waals surface area contributed by atoms with E-state index in [0.717, 1.165) is 23.6 Å². The van der Waals surface area contributed by atoms with Gasteiger partial charge in [-0.05, 0) is 37.8 Å². The minimum Gasteiger partial charge on any atom is -0.490 e. The van der Waals surface area contributed by atoms with Gasteiger partial charge in [0.15, 0.2) is 11.8 Å². The average molecular weight is 500 g/mol. The SMILES string of the molecule is CN=C(NCc1ccc(C)cc1OC(C)CC(C)C)NCc1nncn1C.I. The highest BCUT2D eigenvalue weighted by molar-refractivity contribution is 14.0. The van der Waals surface area contributed by atoms with Crippen LogP contribution in [0.15, 0.2) is 29.5 Å². The van der Waals surface area contributed by atoms with Crippen LogP contribution in [0.1, 0.15) is 44.1 Å². The fourth-order valence-electron chi connectivity index (χ4n) is 2.88. The van der Waals surface area contributed by atoms with Gasteiger partial charge in [-0.25, -0.2) is 0 Å². The molecule has 0 saturated heterocycles. The molecule has 0 amide bonds. The average Bonchev–Trinajstić information content (AvgIpc) is 3.01. The number of nitrogens with zero attached hydrogens (tertiary/aromatic N) is 4. The standard InChI is InChI=1S/C20H32N6O.HI/c1-14(2)9-16(4)27-18-10-15(3)7-8-17(18)11-22-20(21-5)23-12-19-25-24-13-26(19)6;/h7-8,10,13-14,16H,9,11-12H2,1-6H3,(H2,21,22,23);1H. The number of guanidine groups is 1. The summed E-state index contributed by atoms with van der Waals surface area (Å²) in [5.41, 5.74) is 2.30. The third-order valence-corrected chi connectivity index (χ3v) is 4.24. The second-order valence-electron chi connectivity index (χ2n) is 7.31. The molecule has 1 unspecified atom stereocenters. The number of aliphatic imine (C=N–C) groups is 1. The van der Waals surface area contributed by atoms with Crippen molar-refractivity contribution in [3.63, 3.8) is 0 Å². The first-order valence-electron chi connectivity index (χ1n) is 9.42. The second-order valence-corrected chi connectivity index (χ2v) is 7.31. The molecule has 8 heteroatoms. The molecule has 1 aromatic carbocycles. The maximum absolute atomic E-state index is 6.22. The number of aromatic nitrogens is 3. The van der Waals surface area contributed by atoms with Gasteiger partial charge in [-0.2, -0.15) is 0 Å². The highest BCUT2D eigenvalue weighted by Crippen LogP contribution is 2.23. The number of nitrogens with one attached hydrogen (secondary N) is 2. The molecule has 0 fully saturated rings. The van der Waals surface area contributed by atoms with Crippen molar-refractivity contribution in [1.82, 2.24) is 25.4 Å². The molecule has 0 aliphatic rings. The number of halogens is 1. The molecule has 1 aromatic heterocycles. The van der Waals surface area contributed by atoms with Crippen molar-refractivity contribution in [2.24, 2.45) is 18.0 Å². The number of ether oxygens (including phenoxy) is 1. The van der Waals surface area contributed by atoms with Crippen molar-refractivity contribution in [2.45, 2.75) is 53.3 Å². The number of benzene rings is 1. The third kappa shape index (κ3) is 7.65. The van der Waals surface area contributed by atoms with Crippen molar-refractivity contribution < 1.29 is 4.74 Å². The number of hydrogen-bond donors (Lipinski definition) is 2. The molecule has 0 radical (unpaired) electrons. The predicted molar refractivity (Wildman–Crippen MR) is 124 cm³/mol. The lowest BCUT2D eigenvalue weighted by atomic mass is 10.1. The van der Waals surface area contributed by atoms with Gasteiger partial charge < -0.3 is 19.9 Å². The first-order chi connectivity index (χ1) is 12.9. The van der Waals surface area contributed by atoms with Gasteiger partial charge in [0.05, 0.1) is 12.6 Å². The second kappa shape index (κ2) is 11.9. The predicted octanol–water partition coefficient (Wildman–Crippen LogP) is 3.42. The fraction of sp³-hybridized carbons (Fsp3) is 0.550. The van der Waals surface area contributed by atoms with Crippen molar-refractivity contribution in [2.75, 3.05) is 7.05 Å². The quantitative estimate of drug-likeness (QED) is 0.330. The molecular formula is C20H33IN6O. The maximum atomic E-state index is 6.22. The van der Waals surface area contributed by atoms with E-state index >= 15 is 0 Å². The summed E-state index contributed by atoms with van der Waals surface area (Å²) in [6.07, 6.45) is 2.89. The highest BCUT2D eigenvalue weighted by Gasteiger charge is 2.11. The number of rotatable bonds is 8. The van der Waals surface area contributed by atoms with E-state index in [1.54, 1.807) is 13.4 Å². The lowest BCUT2D eigenvalue weighted by Gasteiger charge is -2.20. The summed E-state index contributed by atoms with van der Waals surface area (Å²) in [6, 6.07) is 6.31. The molecule has 0 saturated carbocycles. The molecule has 0 spiro atoms. The Bertz CT molecular complexity index is 759. The Hall–Kier alpha value is -1.84. The first-order valence-corrected chi connectivity index (χ1v) is 9.42. The van der Waals surface area contributed by atoms with E-state index in [1.165, 1.54) is 5.56 Å². The molecule has 2 aromatic rings. The summed E-state index contributed by atoms with van der Waals surface area (Å²) in [4.78, 5) is 4.28. The van der Waals surface area contributed by atoms with Crippen LogP contribution in [0.4, 0.5) is 0 Å². The zero-order valence-corrected chi connectivity index (χ0v) is 20.0. The molecule has 2 N–H and O–H groups in total. The normalized spacial score (nSPS) is 12.5. The summed E-state index contributed by atoms with van der Waals surface area (Å²) < 4.78 is 8.09. The summed E-state index contributed by atoms with van der Waals surface area (Å²) >= 11 is 0. The van der Waals surface area contributed by atoms with Gasteiger partial charge in [0, 0.05) is 26.2 Å². The monoisotopic (exact) mass is 500 g/mol. The molecule has 156 valence electrons. The zero-order valence-electron chi connectivity index (χ0n) is 17.7. The van der Waals surface area contributed by atoms with Gasteiger partial charge in [0.2, 0.25) is 0 Å². The number of aryl methyl sites for hydroxylation is 2. The van der Waals surface area contributed by atoms with Crippen LogP contribution < -0.4 is 15.4 Å². The van der Waals surface area contributed by atoms with Crippen LogP contribution in [0.3, 0.4) is 0 Å². The molecule has 1 heterocycles. The van der Waals surface area contributed by atoms with E-state index in [4.69, 9.17) is 4.74 Å². The largest absolute Gasteiger partial charge is 0.490 e. The van der Waals surface area contributed by atoms with Crippen molar-refractivity contribution in [3.8, 4) is 5.75 Å². The van der Waals surface area contributed by atoms with Crippen LogP contribution in [0.2, 0.25) is 0 Å². The Morgan fingerprint density at radius 3 is 2.54 bits per heavy atom. The highest BCUT2D eigenvalue weighted by atomic mass is 127. The molecule has 0 aliphatic carbocycles. The Morgan fingerprint density at radius 1 is 1.21 bits per heavy atom. The van der Waals surface area contributed by atoms with E-state index in [0.29, 0.717) is 25.0 Å². The van der Waals surface area contributed by atoms with Gasteiger partial charge in [0.25, 0.3) is 0 Å². The maximum Gasteiger partial charge on any atom is 0.191 e. The van der Waals surface area contributed by atoms with Gasteiger partial charge in [-0.3, -0.25) is 4.99 Å². The Labute approximate surface area is 185 Å². The van der Waals surface area contributed by atoms with Gasteiger partial charge in [0.1, 0.15) is 12.1 Å². The first kappa shape index (κ1) is 24.2. The minimum atomic E-state index is 0. The zero-order chi connectivity index (χ0) is 19.8. The van der Waals surface area contributed by atoms with Crippen molar-refractivity contribution in [3.05, 3.63) is 41.5 Å². The fourth-order valence-corrected chi connectivity index (χ4v) is 2.88. The van der Waals surface area contributed by atoms with E-state index in [9.17, 15) is 0 Å². The van der Waals surface area contributed by atoms with Crippen LogP contribution in [0, 0.1) is 12.8 Å². The Morgan fingerprint density at radius 2 is 1.93 bits per heavy atom. The Kier molecular flexibility index (Phi) is 10.3. The lowest BCUT2D eigenvalue weighted by molar-refractivity contribution is 0.191.